The first-order chi connectivity index (χ1) is 9.36. The number of nitrogens with zero attached hydrogens (tertiary/aromatic N) is 1. The van der Waals surface area contributed by atoms with Gasteiger partial charge < -0.3 is 24.5 Å². The van der Waals surface area contributed by atoms with Crippen molar-refractivity contribution in [2.75, 3.05) is 33.5 Å². The number of H-pyrrole nitrogens is 1. The van der Waals surface area contributed by atoms with Crippen LogP contribution in [0.2, 0.25) is 0 Å². The lowest BCUT2D eigenvalue weighted by Gasteiger charge is -2.17. The van der Waals surface area contributed by atoms with Gasteiger partial charge >= 0.3 is 0 Å². The van der Waals surface area contributed by atoms with Crippen molar-refractivity contribution < 1.29 is 14.2 Å². The highest BCUT2D eigenvalue weighted by Gasteiger charge is 2.14. The van der Waals surface area contributed by atoms with Gasteiger partial charge in [-0.15, -0.1) is 0 Å². The minimum absolute atomic E-state index is 0.592. The highest BCUT2D eigenvalue weighted by Crippen LogP contribution is 2.33. The lowest BCUT2D eigenvalue weighted by Crippen LogP contribution is -2.19. The van der Waals surface area contributed by atoms with Crippen molar-refractivity contribution in [1.29, 1.82) is 0 Å². The smallest absolute Gasteiger partial charge is 0.163 e. The fraction of sp³-hybridized carbons (Fsp3) is 0.462. The Balaban J connectivity index is 1.76. The van der Waals surface area contributed by atoms with E-state index in [1.807, 2.05) is 12.1 Å². The Labute approximate surface area is 111 Å². The maximum absolute atomic E-state index is 5.55. The zero-order valence-corrected chi connectivity index (χ0v) is 10.9. The molecule has 0 spiro atoms. The Morgan fingerprint density at radius 1 is 1.32 bits per heavy atom. The zero-order valence-electron chi connectivity index (χ0n) is 10.9. The third-order valence-corrected chi connectivity index (χ3v) is 2.97. The monoisotopic (exact) mass is 263 g/mol. The van der Waals surface area contributed by atoms with Gasteiger partial charge in [-0.2, -0.15) is 0 Å². The molecule has 2 aromatic rings. The molecule has 0 unspecified atom stereocenters. The number of nitrogens with one attached hydrogen (secondary N) is 2. The molecule has 102 valence electrons. The molecule has 1 aromatic heterocycles. The van der Waals surface area contributed by atoms with Crippen LogP contribution in [-0.2, 0) is 11.3 Å². The van der Waals surface area contributed by atoms with E-state index in [1.54, 1.807) is 7.11 Å². The van der Waals surface area contributed by atoms with Crippen LogP contribution >= 0.6 is 0 Å². The van der Waals surface area contributed by atoms with E-state index in [1.165, 1.54) is 0 Å². The molecule has 2 N–H and O–H groups in total. The van der Waals surface area contributed by atoms with Crippen LogP contribution in [0, 0.1) is 0 Å². The molecule has 3 rings (SSSR count). The van der Waals surface area contributed by atoms with Crippen molar-refractivity contribution in [2.45, 2.75) is 6.54 Å². The third kappa shape index (κ3) is 2.64. The Kier molecular flexibility index (Phi) is 3.52. The minimum Gasteiger partial charge on any atom is -0.486 e. The molecule has 19 heavy (non-hydrogen) atoms. The lowest BCUT2D eigenvalue weighted by molar-refractivity contribution is 0.172. The number of aromatic nitrogens is 2. The van der Waals surface area contributed by atoms with Crippen LogP contribution in [0.15, 0.2) is 12.1 Å². The minimum atomic E-state index is 0.592. The van der Waals surface area contributed by atoms with Gasteiger partial charge in [0.25, 0.3) is 0 Å². The molecule has 0 amide bonds. The summed E-state index contributed by atoms with van der Waals surface area (Å²) < 4.78 is 16.1. The van der Waals surface area contributed by atoms with E-state index in [0.29, 0.717) is 26.4 Å². The first kappa shape index (κ1) is 12.3. The molecule has 1 aromatic carbocycles. The van der Waals surface area contributed by atoms with Crippen LogP contribution < -0.4 is 14.8 Å². The summed E-state index contributed by atoms with van der Waals surface area (Å²) in [7, 11) is 1.69. The highest BCUT2D eigenvalue weighted by molar-refractivity contribution is 5.79. The number of benzene rings is 1. The number of methoxy groups -OCH3 is 1. The van der Waals surface area contributed by atoms with Crippen molar-refractivity contribution in [3.63, 3.8) is 0 Å². The van der Waals surface area contributed by atoms with Gasteiger partial charge in [0, 0.05) is 25.8 Å². The number of ether oxygens (including phenoxy) is 3. The van der Waals surface area contributed by atoms with E-state index in [9.17, 15) is 0 Å². The van der Waals surface area contributed by atoms with Crippen molar-refractivity contribution in [2.24, 2.45) is 0 Å². The van der Waals surface area contributed by atoms with Gasteiger partial charge in [0.05, 0.1) is 24.2 Å². The summed E-state index contributed by atoms with van der Waals surface area (Å²) in [5.74, 6) is 2.44. The summed E-state index contributed by atoms with van der Waals surface area (Å²) in [6.45, 7) is 3.36. The molecule has 0 bridgehead atoms. The molecule has 0 fully saturated rings. The predicted molar refractivity (Wildman–Crippen MR) is 70.7 cm³/mol. The Morgan fingerprint density at radius 3 is 2.89 bits per heavy atom. The SMILES string of the molecule is COCCNCc1nc2cc3c(cc2[nH]1)OCCO3. The molecule has 0 atom stereocenters. The van der Waals surface area contributed by atoms with Gasteiger partial charge in [-0.1, -0.05) is 0 Å². The maximum Gasteiger partial charge on any atom is 0.163 e. The van der Waals surface area contributed by atoms with E-state index >= 15 is 0 Å². The number of hydrogen-bond donors (Lipinski definition) is 2. The second kappa shape index (κ2) is 5.46. The summed E-state index contributed by atoms with van der Waals surface area (Å²) in [6, 6.07) is 3.86. The van der Waals surface area contributed by atoms with E-state index in [4.69, 9.17) is 14.2 Å². The first-order valence-corrected chi connectivity index (χ1v) is 6.35. The van der Waals surface area contributed by atoms with Gasteiger partial charge in [0.2, 0.25) is 0 Å². The molecular formula is C13H17N3O3. The molecule has 0 radical (unpaired) electrons. The van der Waals surface area contributed by atoms with Gasteiger partial charge in [-0.05, 0) is 0 Å². The van der Waals surface area contributed by atoms with Crippen LogP contribution in [0.5, 0.6) is 11.5 Å². The third-order valence-electron chi connectivity index (χ3n) is 2.97. The van der Waals surface area contributed by atoms with Crippen LogP contribution in [0.4, 0.5) is 0 Å². The normalized spacial score (nSPS) is 13.9. The number of aromatic amines is 1. The van der Waals surface area contributed by atoms with Gasteiger partial charge in [-0.3, -0.25) is 0 Å². The van der Waals surface area contributed by atoms with Crippen molar-refractivity contribution in [1.82, 2.24) is 15.3 Å². The van der Waals surface area contributed by atoms with Crippen molar-refractivity contribution >= 4 is 11.0 Å². The Bertz CT molecular complexity index is 525. The lowest BCUT2D eigenvalue weighted by atomic mass is 10.2. The number of imidazole rings is 1. The van der Waals surface area contributed by atoms with E-state index < -0.39 is 0 Å². The topological polar surface area (TPSA) is 68.4 Å². The quantitative estimate of drug-likeness (QED) is 0.790. The second-order valence-corrected chi connectivity index (χ2v) is 4.37. The molecule has 2 heterocycles. The average Bonchev–Trinajstić information content (AvgIpc) is 2.82. The highest BCUT2D eigenvalue weighted by atomic mass is 16.6. The number of rotatable bonds is 5. The Hall–Kier alpha value is -1.79. The van der Waals surface area contributed by atoms with Gasteiger partial charge in [0.15, 0.2) is 11.5 Å². The Morgan fingerprint density at radius 2 is 2.11 bits per heavy atom. The van der Waals surface area contributed by atoms with E-state index in [-0.39, 0.29) is 0 Å². The van der Waals surface area contributed by atoms with Crippen LogP contribution in [-0.4, -0.2) is 43.4 Å². The fourth-order valence-electron chi connectivity index (χ4n) is 2.06. The largest absolute Gasteiger partial charge is 0.486 e. The first-order valence-electron chi connectivity index (χ1n) is 6.35. The molecule has 6 nitrogen and oxygen atoms in total. The summed E-state index contributed by atoms with van der Waals surface area (Å²) in [5.41, 5.74) is 1.86. The van der Waals surface area contributed by atoms with Crippen LogP contribution in [0.1, 0.15) is 5.82 Å². The van der Waals surface area contributed by atoms with Crippen LogP contribution in [0.3, 0.4) is 0 Å². The van der Waals surface area contributed by atoms with E-state index in [2.05, 4.69) is 15.3 Å². The molecule has 0 aliphatic carbocycles. The second-order valence-electron chi connectivity index (χ2n) is 4.37. The molecule has 0 saturated heterocycles. The molecule has 6 heteroatoms. The number of hydrogen-bond acceptors (Lipinski definition) is 5. The predicted octanol–water partition coefficient (Wildman–Crippen LogP) is 1.07. The maximum atomic E-state index is 5.55. The van der Waals surface area contributed by atoms with Gasteiger partial charge in [-0.25, -0.2) is 4.98 Å². The van der Waals surface area contributed by atoms with Crippen LogP contribution in [0.25, 0.3) is 11.0 Å². The van der Waals surface area contributed by atoms with Gasteiger partial charge in [0.1, 0.15) is 19.0 Å². The van der Waals surface area contributed by atoms with Crippen molar-refractivity contribution in [3.8, 4) is 11.5 Å². The molecule has 1 aliphatic heterocycles. The number of fused-ring (bicyclic) bond motifs is 2. The molecule has 1 aliphatic rings. The molecule has 0 saturated carbocycles. The summed E-state index contributed by atoms with van der Waals surface area (Å²) in [6.07, 6.45) is 0. The summed E-state index contributed by atoms with van der Waals surface area (Å²) >= 11 is 0. The summed E-state index contributed by atoms with van der Waals surface area (Å²) in [5, 5.41) is 3.25. The molecular weight excluding hydrogens is 246 g/mol. The summed E-state index contributed by atoms with van der Waals surface area (Å²) in [4.78, 5) is 7.80. The van der Waals surface area contributed by atoms with E-state index in [0.717, 1.165) is 34.9 Å². The van der Waals surface area contributed by atoms with Crippen molar-refractivity contribution in [3.05, 3.63) is 18.0 Å². The zero-order chi connectivity index (χ0) is 13.1. The fourth-order valence-corrected chi connectivity index (χ4v) is 2.06. The average molecular weight is 263 g/mol. The standard InChI is InChI=1S/C13H17N3O3/c1-17-3-2-14-8-13-15-9-6-11-12(7-10(9)16-13)19-5-4-18-11/h6-7,14H,2-5,8H2,1H3,(H,15,16).